The fourth-order valence-electron chi connectivity index (χ4n) is 3.53. The van der Waals surface area contributed by atoms with E-state index in [9.17, 15) is 0 Å². The molecule has 27 heavy (non-hydrogen) atoms. The molecule has 5 rings (SSSR count). The van der Waals surface area contributed by atoms with Crippen LogP contribution in [0, 0.1) is 6.92 Å². The van der Waals surface area contributed by atoms with Crippen LogP contribution in [0.4, 0.5) is 0 Å². The molecule has 0 N–H and O–H groups in total. The monoisotopic (exact) mass is 353 g/mol. The molecule has 0 saturated carbocycles. The molecule has 0 aliphatic rings. The fraction of sp³-hybridized carbons (Fsp3) is 0.130. The Morgan fingerprint density at radius 2 is 1.67 bits per heavy atom. The van der Waals surface area contributed by atoms with E-state index in [2.05, 4.69) is 59.1 Å². The molecule has 4 heteroatoms. The number of aromatic nitrogens is 3. The third kappa shape index (κ3) is 2.89. The highest BCUT2D eigenvalue weighted by atomic mass is 16.5. The van der Waals surface area contributed by atoms with E-state index in [0.29, 0.717) is 6.42 Å². The lowest BCUT2D eigenvalue weighted by atomic mass is 10.1. The lowest BCUT2D eigenvalue weighted by Gasteiger charge is -2.09. The Kier molecular flexibility index (Phi) is 3.75. The van der Waals surface area contributed by atoms with Crippen molar-refractivity contribution in [3.8, 4) is 0 Å². The number of hydrogen-bond acceptors (Lipinski definition) is 3. The molecule has 0 radical (unpaired) electrons. The Hall–Kier alpha value is -3.40. The van der Waals surface area contributed by atoms with E-state index in [4.69, 9.17) is 9.51 Å². The number of hydrogen-bond donors (Lipinski definition) is 0. The van der Waals surface area contributed by atoms with Crippen LogP contribution in [-0.2, 0) is 13.0 Å². The molecule has 0 atom stereocenters. The maximum Gasteiger partial charge on any atom is 0.167 e. The quantitative estimate of drug-likeness (QED) is 0.450. The average molecular weight is 353 g/mol. The zero-order valence-corrected chi connectivity index (χ0v) is 15.1. The number of para-hydroxylation sites is 3. The van der Waals surface area contributed by atoms with Crippen molar-refractivity contribution in [2.45, 2.75) is 19.9 Å². The minimum absolute atomic E-state index is 0.636. The summed E-state index contributed by atoms with van der Waals surface area (Å²) < 4.78 is 7.76. The summed E-state index contributed by atoms with van der Waals surface area (Å²) in [5.41, 5.74) is 6.41. The minimum Gasteiger partial charge on any atom is -0.356 e. The molecule has 4 nitrogen and oxygen atoms in total. The summed E-state index contributed by atoms with van der Waals surface area (Å²) in [6.07, 6.45) is 0.636. The molecule has 3 aromatic carbocycles. The molecule has 132 valence electrons. The molecule has 0 saturated heterocycles. The molecule has 0 spiro atoms. The average Bonchev–Trinajstić information content (AvgIpc) is 3.26. The molecule has 0 aliphatic heterocycles. The summed E-state index contributed by atoms with van der Waals surface area (Å²) in [6, 6.07) is 24.9. The van der Waals surface area contributed by atoms with Crippen molar-refractivity contribution in [2.75, 3.05) is 0 Å². The van der Waals surface area contributed by atoms with E-state index in [1.807, 2.05) is 30.3 Å². The molecule has 0 fully saturated rings. The van der Waals surface area contributed by atoms with Gasteiger partial charge in [0.2, 0.25) is 0 Å². The second kappa shape index (κ2) is 6.40. The maximum absolute atomic E-state index is 5.48. The van der Waals surface area contributed by atoms with E-state index in [0.717, 1.165) is 40.1 Å². The van der Waals surface area contributed by atoms with Crippen molar-refractivity contribution in [1.29, 1.82) is 0 Å². The van der Waals surface area contributed by atoms with Gasteiger partial charge in [0.05, 0.1) is 23.1 Å². The van der Waals surface area contributed by atoms with Gasteiger partial charge in [-0.1, -0.05) is 59.3 Å². The predicted octanol–water partition coefficient (Wildman–Crippen LogP) is 5.13. The van der Waals surface area contributed by atoms with Crippen molar-refractivity contribution in [1.82, 2.24) is 14.7 Å². The normalized spacial score (nSPS) is 11.4. The second-order valence-corrected chi connectivity index (χ2v) is 6.89. The zero-order valence-electron chi connectivity index (χ0n) is 15.1. The third-order valence-corrected chi connectivity index (χ3v) is 4.97. The predicted molar refractivity (Wildman–Crippen MR) is 107 cm³/mol. The van der Waals surface area contributed by atoms with Crippen molar-refractivity contribution < 1.29 is 4.52 Å². The lowest BCUT2D eigenvalue weighted by molar-refractivity contribution is 0.447. The highest BCUT2D eigenvalue weighted by Crippen LogP contribution is 2.24. The molecule has 2 aromatic heterocycles. The molecule has 0 amide bonds. The summed E-state index contributed by atoms with van der Waals surface area (Å²) in [7, 11) is 0. The van der Waals surface area contributed by atoms with Gasteiger partial charge in [0.1, 0.15) is 5.82 Å². The number of imidazole rings is 1. The first kappa shape index (κ1) is 15.8. The van der Waals surface area contributed by atoms with E-state index in [1.54, 1.807) is 0 Å². The maximum atomic E-state index is 5.48. The summed E-state index contributed by atoms with van der Waals surface area (Å²) in [6.45, 7) is 2.89. The van der Waals surface area contributed by atoms with Gasteiger partial charge in [-0.3, -0.25) is 0 Å². The van der Waals surface area contributed by atoms with E-state index >= 15 is 0 Å². The number of rotatable bonds is 4. The standard InChI is InChI=1S/C23H19N3O/c1-16-10-12-17(13-11-16)15-26-21-8-4-3-7-19(21)24-23(26)14-20-18-6-2-5-9-22(18)27-25-20/h2-13H,14-15H2,1H3. The first-order valence-electron chi connectivity index (χ1n) is 9.11. The largest absolute Gasteiger partial charge is 0.356 e. The fourth-order valence-corrected chi connectivity index (χ4v) is 3.53. The molecule has 0 aliphatic carbocycles. The van der Waals surface area contributed by atoms with Crippen molar-refractivity contribution in [3.63, 3.8) is 0 Å². The van der Waals surface area contributed by atoms with Gasteiger partial charge in [0.25, 0.3) is 0 Å². The summed E-state index contributed by atoms with van der Waals surface area (Å²) >= 11 is 0. The van der Waals surface area contributed by atoms with E-state index in [1.165, 1.54) is 11.1 Å². The Bertz CT molecular complexity index is 1230. The molecule has 0 unspecified atom stereocenters. The number of nitrogens with zero attached hydrogens (tertiary/aromatic N) is 3. The van der Waals surface area contributed by atoms with Gasteiger partial charge in [0, 0.05) is 11.9 Å². The van der Waals surface area contributed by atoms with Gasteiger partial charge in [-0.25, -0.2) is 4.98 Å². The SMILES string of the molecule is Cc1ccc(Cn2c(Cc3noc4ccccc34)nc3ccccc32)cc1. The highest BCUT2D eigenvalue weighted by molar-refractivity contribution is 5.80. The third-order valence-electron chi connectivity index (χ3n) is 4.97. The smallest absolute Gasteiger partial charge is 0.167 e. The molecular formula is C23H19N3O. The zero-order chi connectivity index (χ0) is 18.2. The number of benzene rings is 3. The Morgan fingerprint density at radius 3 is 2.56 bits per heavy atom. The number of fused-ring (bicyclic) bond motifs is 2. The molecular weight excluding hydrogens is 334 g/mol. The Balaban J connectivity index is 1.60. The Labute approximate surface area is 157 Å². The van der Waals surface area contributed by atoms with Crippen LogP contribution in [0.2, 0.25) is 0 Å². The van der Waals surface area contributed by atoms with Crippen LogP contribution in [0.1, 0.15) is 22.6 Å². The van der Waals surface area contributed by atoms with Crippen LogP contribution >= 0.6 is 0 Å². The van der Waals surface area contributed by atoms with Gasteiger partial charge < -0.3 is 9.09 Å². The molecule has 0 bridgehead atoms. The first-order chi connectivity index (χ1) is 13.3. The van der Waals surface area contributed by atoms with Gasteiger partial charge in [0.15, 0.2) is 5.58 Å². The van der Waals surface area contributed by atoms with Gasteiger partial charge in [-0.05, 0) is 36.8 Å². The number of aryl methyl sites for hydroxylation is 1. The van der Waals surface area contributed by atoms with Gasteiger partial charge in [-0.2, -0.15) is 0 Å². The van der Waals surface area contributed by atoms with Crippen LogP contribution in [0.5, 0.6) is 0 Å². The van der Waals surface area contributed by atoms with Gasteiger partial charge in [-0.15, -0.1) is 0 Å². The Morgan fingerprint density at radius 1 is 0.889 bits per heavy atom. The summed E-state index contributed by atoms with van der Waals surface area (Å²) in [5, 5.41) is 5.34. The first-order valence-corrected chi connectivity index (χ1v) is 9.11. The van der Waals surface area contributed by atoms with Gasteiger partial charge >= 0.3 is 0 Å². The van der Waals surface area contributed by atoms with Crippen molar-refractivity contribution >= 4 is 22.0 Å². The summed E-state index contributed by atoms with van der Waals surface area (Å²) in [4.78, 5) is 4.89. The van der Waals surface area contributed by atoms with Crippen LogP contribution in [-0.4, -0.2) is 14.7 Å². The van der Waals surface area contributed by atoms with Crippen LogP contribution in [0.25, 0.3) is 22.0 Å². The molecule has 5 aromatic rings. The van der Waals surface area contributed by atoms with E-state index < -0.39 is 0 Å². The summed E-state index contributed by atoms with van der Waals surface area (Å²) in [5.74, 6) is 0.996. The lowest BCUT2D eigenvalue weighted by Crippen LogP contribution is -2.06. The van der Waals surface area contributed by atoms with Crippen molar-refractivity contribution in [2.24, 2.45) is 0 Å². The van der Waals surface area contributed by atoms with Crippen LogP contribution in [0.3, 0.4) is 0 Å². The topological polar surface area (TPSA) is 43.9 Å². The minimum atomic E-state index is 0.636. The second-order valence-electron chi connectivity index (χ2n) is 6.89. The molecule has 2 heterocycles. The van der Waals surface area contributed by atoms with Crippen LogP contribution < -0.4 is 0 Å². The van der Waals surface area contributed by atoms with E-state index in [-0.39, 0.29) is 0 Å². The van der Waals surface area contributed by atoms with Crippen molar-refractivity contribution in [3.05, 3.63) is 95.4 Å². The highest BCUT2D eigenvalue weighted by Gasteiger charge is 2.15. The van der Waals surface area contributed by atoms with Crippen LogP contribution in [0.15, 0.2) is 77.3 Å².